The van der Waals surface area contributed by atoms with Gasteiger partial charge in [0.1, 0.15) is 0 Å². The Labute approximate surface area is 93.0 Å². The Morgan fingerprint density at radius 2 is 2.12 bits per heavy atom. The molecule has 0 atom stereocenters. The number of aromatic nitrogens is 3. The van der Waals surface area contributed by atoms with Gasteiger partial charge in [-0.2, -0.15) is 0 Å². The molecule has 0 aromatic carbocycles. The second kappa shape index (κ2) is 3.89. The maximum absolute atomic E-state index is 5.17. The Bertz CT molecular complexity index is 497. The maximum atomic E-state index is 5.17. The number of hydrogen-bond donors (Lipinski definition) is 0. The van der Waals surface area contributed by atoms with Crippen molar-refractivity contribution in [1.82, 2.24) is 15.2 Å². The predicted molar refractivity (Wildman–Crippen MR) is 58.6 cm³/mol. The highest BCUT2D eigenvalue weighted by molar-refractivity contribution is 5.52. The minimum Gasteiger partial charge on any atom is -0.423 e. The Kier molecular flexibility index (Phi) is 2.25. The largest absolute Gasteiger partial charge is 0.423 e. The van der Waals surface area contributed by atoms with E-state index in [1.54, 1.807) is 6.20 Å². The highest BCUT2D eigenvalue weighted by Crippen LogP contribution is 2.29. The fraction of sp³-hybridized carbons (Fsp3) is 0.250. The standard InChI is InChI=1S/C12H11N3O/c1-2-4-9(3-1)11-7-10(5-6-13-11)12-15-14-8-16-12/h1-2,5-9H,3-4H2. The van der Waals surface area contributed by atoms with Crippen LogP contribution in [0.1, 0.15) is 24.5 Å². The van der Waals surface area contributed by atoms with Gasteiger partial charge in [-0.05, 0) is 25.0 Å². The van der Waals surface area contributed by atoms with E-state index in [1.165, 1.54) is 6.39 Å². The molecule has 0 radical (unpaired) electrons. The molecule has 2 aromatic rings. The monoisotopic (exact) mass is 213 g/mol. The summed E-state index contributed by atoms with van der Waals surface area (Å²) in [5.41, 5.74) is 2.04. The first-order valence-corrected chi connectivity index (χ1v) is 5.31. The Hall–Kier alpha value is -1.97. The van der Waals surface area contributed by atoms with Crippen LogP contribution in [0.25, 0.3) is 11.5 Å². The molecule has 0 saturated heterocycles. The van der Waals surface area contributed by atoms with Gasteiger partial charge >= 0.3 is 0 Å². The molecule has 4 nitrogen and oxygen atoms in total. The SMILES string of the molecule is C1=CCC(c2cc(-c3nnco3)ccn2)C1. The molecule has 3 rings (SSSR count). The van der Waals surface area contributed by atoms with Crippen molar-refractivity contribution in [2.24, 2.45) is 0 Å². The van der Waals surface area contributed by atoms with E-state index in [4.69, 9.17) is 4.42 Å². The number of allylic oxidation sites excluding steroid dienone is 2. The van der Waals surface area contributed by atoms with Crippen molar-refractivity contribution in [1.29, 1.82) is 0 Å². The molecular weight excluding hydrogens is 202 g/mol. The van der Waals surface area contributed by atoms with Gasteiger partial charge < -0.3 is 4.42 Å². The highest BCUT2D eigenvalue weighted by atomic mass is 16.4. The zero-order valence-corrected chi connectivity index (χ0v) is 8.71. The summed E-state index contributed by atoms with van der Waals surface area (Å²) in [5.74, 6) is 1.05. The van der Waals surface area contributed by atoms with Crippen molar-refractivity contribution in [3.8, 4) is 11.5 Å². The van der Waals surface area contributed by atoms with Crippen molar-refractivity contribution in [2.45, 2.75) is 18.8 Å². The summed E-state index contributed by atoms with van der Waals surface area (Å²) in [6.07, 6.45) is 9.68. The van der Waals surface area contributed by atoms with Crippen molar-refractivity contribution >= 4 is 0 Å². The topological polar surface area (TPSA) is 51.8 Å². The van der Waals surface area contributed by atoms with Gasteiger partial charge in [0.25, 0.3) is 0 Å². The first-order valence-electron chi connectivity index (χ1n) is 5.31. The quantitative estimate of drug-likeness (QED) is 0.719. The molecule has 1 aliphatic carbocycles. The third-order valence-corrected chi connectivity index (χ3v) is 2.81. The average Bonchev–Trinajstić information content (AvgIpc) is 3.03. The second-order valence-corrected chi connectivity index (χ2v) is 3.85. The minimum atomic E-state index is 0.503. The van der Waals surface area contributed by atoms with Gasteiger partial charge in [-0.15, -0.1) is 10.2 Å². The number of rotatable bonds is 2. The Balaban J connectivity index is 1.94. The van der Waals surface area contributed by atoms with E-state index in [0.29, 0.717) is 11.8 Å². The molecule has 0 amide bonds. The molecule has 80 valence electrons. The van der Waals surface area contributed by atoms with Crippen molar-refractivity contribution in [3.05, 3.63) is 42.6 Å². The van der Waals surface area contributed by atoms with Crippen LogP contribution < -0.4 is 0 Å². The molecule has 1 aliphatic rings. The molecular formula is C12H11N3O. The normalized spacial score (nSPS) is 15.8. The smallest absolute Gasteiger partial charge is 0.247 e. The first kappa shape index (κ1) is 9.27. The van der Waals surface area contributed by atoms with Crippen LogP contribution in [-0.4, -0.2) is 15.2 Å². The Morgan fingerprint density at radius 1 is 1.25 bits per heavy atom. The predicted octanol–water partition coefficient (Wildman–Crippen LogP) is 2.57. The lowest BCUT2D eigenvalue weighted by molar-refractivity contribution is 0.568. The zero-order chi connectivity index (χ0) is 10.8. The number of hydrogen-bond acceptors (Lipinski definition) is 4. The van der Waals surface area contributed by atoms with Gasteiger partial charge in [-0.3, -0.25) is 4.98 Å². The van der Waals surface area contributed by atoms with Crippen molar-refractivity contribution in [3.63, 3.8) is 0 Å². The molecule has 0 bridgehead atoms. The van der Waals surface area contributed by atoms with Crippen LogP contribution >= 0.6 is 0 Å². The molecule has 0 aliphatic heterocycles. The van der Waals surface area contributed by atoms with Crippen LogP contribution in [-0.2, 0) is 0 Å². The summed E-state index contributed by atoms with van der Waals surface area (Å²) in [4.78, 5) is 4.40. The number of nitrogens with zero attached hydrogens (tertiary/aromatic N) is 3. The van der Waals surface area contributed by atoms with Crippen molar-refractivity contribution < 1.29 is 4.42 Å². The van der Waals surface area contributed by atoms with Gasteiger partial charge in [-0.1, -0.05) is 12.2 Å². The molecule has 4 heteroatoms. The lowest BCUT2D eigenvalue weighted by atomic mass is 10.0. The van der Waals surface area contributed by atoms with Crippen LogP contribution in [0.2, 0.25) is 0 Å². The average molecular weight is 213 g/mol. The molecule has 0 N–H and O–H groups in total. The van der Waals surface area contributed by atoms with Gasteiger partial charge in [0.2, 0.25) is 12.3 Å². The molecule has 0 spiro atoms. The fourth-order valence-electron chi connectivity index (χ4n) is 1.96. The summed E-state index contributed by atoms with van der Waals surface area (Å²) in [6.45, 7) is 0. The molecule has 2 heterocycles. The van der Waals surface area contributed by atoms with E-state index in [9.17, 15) is 0 Å². The molecule has 2 aromatic heterocycles. The first-order chi connectivity index (χ1) is 7.93. The van der Waals surface area contributed by atoms with E-state index in [-0.39, 0.29) is 0 Å². The van der Waals surface area contributed by atoms with Crippen LogP contribution in [0.15, 0.2) is 41.3 Å². The van der Waals surface area contributed by atoms with Crippen molar-refractivity contribution in [2.75, 3.05) is 0 Å². The van der Waals surface area contributed by atoms with Gasteiger partial charge in [0.15, 0.2) is 0 Å². The lowest BCUT2D eigenvalue weighted by Gasteiger charge is -2.08. The van der Waals surface area contributed by atoms with Crippen LogP contribution in [0.5, 0.6) is 0 Å². The van der Waals surface area contributed by atoms with E-state index < -0.39 is 0 Å². The van der Waals surface area contributed by atoms with Crippen LogP contribution in [0.3, 0.4) is 0 Å². The summed E-state index contributed by atoms with van der Waals surface area (Å²) in [6, 6.07) is 3.92. The highest BCUT2D eigenvalue weighted by Gasteiger charge is 2.15. The van der Waals surface area contributed by atoms with Gasteiger partial charge in [0, 0.05) is 23.4 Å². The fourth-order valence-corrected chi connectivity index (χ4v) is 1.96. The van der Waals surface area contributed by atoms with E-state index in [2.05, 4.69) is 27.3 Å². The van der Waals surface area contributed by atoms with Crippen LogP contribution in [0, 0.1) is 0 Å². The van der Waals surface area contributed by atoms with E-state index >= 15 is 0 Å². The van der Waals surface area contributed by atoms with E-state index in [0.717, 1.165) is 24.1 Å². The van der Waals surface area contributed by atoms with Gasteiger partial charge in [-0.25, -0.2) is 0 Å². The molecule has 0 fully saturated rings. The summed E-state index contributed by atoms with van der Waals surface area (Å²) < 4.78 is 5.17. The molecule has 16 heavy (non-hydrogen) atoms. The summed E-state index contributed by atoms with van der Waals surface area (Å²) in [5, 5.41) is 7.57. The van der Waals surface area contributed by atoms with Gasteiger partial charge in [0.05, 0.1) is 0 Å². The zero-order valence-electron chi connectivity index (χ0n) is 8.71. The maximum Gasteiger partial charge on any atom is 0.247 e. The third-order valence-electron chi connectivity index (χ3n) is 2.81. The summed E-state index contributed by atoms with van der Waals surface area (Å²) in [7, 11) is 0. The molecule has 0 unspecified atom stereocenters. The minimum absolute atomic E-state index is 0.503. The Morgan fingerprint density at radius 3 is 2.88 bits per heavy atom. The number of pyridine rings is 1. The summed E-state index contributed by atoms with van der Waals surface area (Å²) >= 11 is 0. The molecule has 0 saturated carbocycles. The van der Waals surface area contributed by atoms with E-state index in [1.807, 2.05) is 12.1 Å². The third kappa shape index (κ3) is 1.62. The van der Waals surface area contributed by atoms with Crippen LogP contribution in [0.4, 0.5) is 0 Å². The second-order valence-electron chi connectivity index (χ2n) is 3.85. The lowest BCUT2D eigenvalue weighted by Crippen LogP contribution is -1.96.